The molecule has 0 amide bonds. The van der Waals surface area contributed by atoms with E-state index >= 15 is 0 Å². The molecule has 0 spiro atoms. The Morgan fingerprint density at radius 2 is 2.16 bits per heavy atom. The number of hydrogen-bond donors (Lipinski definition) is 1. The third-order valence-electron chi connectivity index (χ3n) is 3.63. The minimum absolute atomic E-state index is 0.0226. The van der Waals surface area contributed by atoms with Crippen LogP contribution in [0, 0.1) is 0 Å². The molecule has 1 atom stereocenters. The first-order valence-corrected chi connectivity index (χ1v) is 6.82. The van der Waals surface area contributed by atoms with Crippen LogP contribution in [0.25, 0.3) is 0 Å². The van der Waals surface area contributed by atoms with Crippen LogP contribution in [0.15, 0.2) is 28.8 Å². The van der Waals surface area contributed by atoms with E-state index in [4.69, 9.17) is 16.1 Å². The lowest BCUT2D eigenvalue weighted by molar-refractivity contribution is 0.304. The minimum atomic E-state index is -0.0226. The molecule has 100 valence electrons. The van der Waals surface area contributed by atoms with E-state index in [1.807, 2.05) is 24.3 Å². The highest BCUT2D eigenvalue weighted by atomic mass is 35.5. The molecule has 5 heteroatoms. The highest BCUT2D eigenvalue weighted by Gasteiger charge is 2.36. The molecule has 0 bridgehead atoms. The molecule has 3 rings (SSSR count). The van der Waals surface area contributed by atoms with Crippen molar-refractivity contribution >= 4 is 11.6 Å². The zero-order valence-corrected chi connectivity index (χ0v) is 11.6. The van der Waals surface area contributed by atoms with Gasteiger partial charge in [0.1, 0.15) is 0 Å². The topological polar surface area (TPSA) is 51.0 Å². The highest BCUT2D eigenvalue weighted by molar-refractivity contribution is 6.30. The van der Waals surface area contributed by atoms with Crippen molar-refractivity contribution in [2.24, 2.45) is 0 Å². The molecule has 1 aliphatic heterocycles. The lowest BCUT2D eigenvalue weighted by Crippen LogP contribution is -2.25. The van der Waals surface area contributed by atoms with E-state index in [2.05, 4.69) is 22.4 Å². The fourth-order valence-electron chi connectivity index (χ4n) is 2.36. The predicted molar refractivity (Wildman–Crippen MR) is 73.4 cm³/mol. The van der Waals surface area contributed by atoms with Crippen LogP contribution >= 0.6 is 11.6 Å². The van der Waals surface area contributed by atoms with Gasteiger partial charge in [-0.15, -0.1) is 0 Å². The molecule has 19 heavy (non-hydrogen) atoms. The third kappa shape index (κ3) is 2.65. The Kier molecular flexibility index (Phi) is 3.29. The first-order chi connectivity index (χ1) is 9.16. The van der Waals surface area contributed by atoms with Gasteiger partial charge in [0.15, 0.2) is 5.82 Å². The van der Waals surface area contributed by atoms with Crippen LogP contribution < -0.4 is 5.32 Å². The molecule has 1 aromatic heterocycles. The van der Waals surface area contributed by atoms with Crippen molar-refractivity contribution in [2.45, 2.75) is 25.2 Å². The van der Waals surface area contributed by atoms with E-state index < -0.39 is 0 Å². The first kappa shape index (κ1) is 12.6. The molecule has 1 fully saturated rings. The molecule has 0 radical (unpaired) electrons. The zero-order chi connectivity index (χ0) is 13.3. The molecule has 1 saturated heterocycles. The number of nitrogens with one attached hydrogen (secondary N) is 1. The highest BCUT2D eigenvalue weighted by Crippen LogP contribution is 2.28. The SMILES string of the molecule is CC1(c2nc(Cc3ccc(Cl)cc3)no2)CCNC1. The van der Waals surface area contributed by atoms with Gasteiger partial charge in [0.2, 0.25) is 5.89 Å². The smallest absolute Gasteiger partial charge is 0.233 e. The quantitative estimate of drug-likeness (QED) is 0.937. The van der Waals surface area contributed by atoms with Crippen molar-refractivity contribution in [3.63, 3.8) is 0 Å². The second-order valence-electron chi connectivity index (χ2n) is 5.31. The Balaban J connectivity index is 1.76. The number of nitrogens with zero attached hydrogens (tertiary/aromatic N) is 2. The van der Waals surface area contributed by atoms with Crippen LogP contribution in [0.1, 0.15) is 30.6 Å². The molecule has 0 aliphatic carbocycles. The number of halogens is 1. The fraction of sp³-hybridized carbons (Fsp3) is 0.429. The number of aromatic nitrogens is 2. The van der Waals surface area contributed by atoms with Gasteiger partial charge in [0, 0.05) is 18.0 Å². The van der Waals surface area contributed by atoms with Gasteiger partial charge in [-0.25, -0.2) is 0 Å². The van der Waals surface area contributed by atoms with Crippen LogP contribution in [0.5, 0.6) is 0 Å². The molecule has 1 aromatic carbocycles. The lowest BCUT2D eigenvalue weighted by Gasteiger charge is -2.15. The maximum atomic E-state index is 5.87. The zero-order valence-electron chi connectivity index (χ0n) is 10.8. The largest absolute Gasteiger partial charge is 0.339 e. The Hall–Kier alpha value is -1.39. The molecule has 2 aromatic rings. The van der Waals surface area contributed by atoms with Crippen molar-refractivity contribution in [3.05, 3.63) is 46.6 Å². The molecular formula is C14H16ClN3O. The Morgan fingerprint density at radius 1 is 1.37 bits per heavy atom. The average molecular weight is 278 g/mol. The number of benzene rings is 1. The third-order valence-corrected chi connectivity index (χ3v) is 3.88. The van der Waals surface area contributed by atoms with Gasteiger partial charge in [-0.2, -0.15) is 4.98 Å². The van der Waals surface area contributed by atoms with E-state index in [1.54, 1.807) is 0 Å². The van der Waals surface area contributed by atoms with Gasteiger partial charge < -0.3 is 9.84 Å². The summed E-state index contributed by atoms with van der Waals surface area (Å²) >= 11 is 5.87. The van der Waals surface area contributed by atoms with E-state index in [-0.39, 0.29) is 5.41 Å². The van der Waals surface area contributed by atoms with Crippen molar-refractivity contribution in [2.75, 3.05) is 13.1 Å². The normalized spacial score (nSPS) is 22.8. The van der Waals surface area contributed by atoms with E-state index in [9.17, 15) is 0 Å². The van der Waals surface area contributed by atoms with Crippen molar-refractivity contribution in [1.82, 2.24) is 15.5 Å². The lowest BCUT2D eigenvalue weighted by atomic mass is 9.90. The summed E-state index contributed by atoms with van der Waals surface area (Å²) in [6.45, 7) is 4.06. The van der Waals surface area contributed by atoms with Crippen molar-refractivity contribution < 1.29 is 4.52 Å². The summed E-state index contributed by atoms with van der Waals surface area (Å²) in [5.74, 6) is 1.46. The van der Waals surface area contributed by atoms with Crippen molar-refractivity contribution in [1.29, 1.82) is 0 Å². The minimum Gasteiger partial charge on any atom is -0.339 e. The summed E-state index contributed by atoms with van der Waals surface area (Å²) in [4.78, 5) is 4.53. The maximum Gasteiger partial charge on any atom is 0.233 e. The van der Waals surface area contributed by atoms with Crippen LogP contribution in [0.3, 0.4) is 0 Å². The van der Waals surface area contributed by atoms with Gasteiger partial charge in [0.05, 0.1) is 5.41 Å². The number of hydrogen-bond acceptors (Lipinski definition) is 4. The molecule has 1 N–H and O–H groups in total. The number of rotatable bonds is 3. The Bertz CT molecular complexity index is 558. The summed E-state index contributed by atoms with van der Waals surface area (Å²) in [6, 6.07) is 7.72. The van der Waals surface area contributed by atoms with E-state index in [0.717, 1.165) is 41.8 Å². The van der Waals surface area contributed by atoms with E-state index in [1.165, 1.54) is 0 Å². The molecule has 1 unspecified atom stereocenters. The van der Waals surface area contributed by atoms with Gasteiger partial charge in [-0.05, 0) is 37.6 Å². The first-order valence-electron chi connectivity index (χ1n) is 6.44. The van der Waals surface area contributed by atoms with Crippen LogP contribution in [-0.2, 0) is 11.8 Å². The summed E-state index contributed by atoms with van der Waals surface area (Å²) < 4.78 is 5.42. The van der Waals surface area contributed by atoms with Gasteiger partial charge in [-0.1, -0.05) is 28.9 Å². The van der Waals surface area contributed by atoms with Crippen LogP contribution in [-0.4, -0.2) is 23.2 Å². The average Bonchev–Trinajstić information content (AvgIpc) is 3.02. The summed E-state index contributed by atoms with van der Waals surface area (Å²) in [5.41, 5.74) is 1.11. The Labute approximate surface area is 117 Å². The summed E-state index contributed by atoms with van der Waals surface area (Å²) in [5, 5.41) is 8.15. The monoisotopic (exact) mass is 277 g/mol. The standard InChI is InChI=1S/C14H16ClN3O/c1-14(6-7-16-9-14)13-17-12(18-19-13)8-10-2-4-11(15)5-3-10/h2-5,16H,6-9H2,1H3. The maximum absolute atomic E-state index is 5.87. The van der Waals surface area contributed by atoms with Gasteiger partial charge in [-0.3, -0.25) is 0 Å². The molecule has 1 aliphatic rings. The van der Waals surface area contributed by atoms with Gasteiger partial charge >= 0.3 is 0 Å². The summed E-state index contributed by atoms with van der Waals surface area (Å²) in [6.07, 6.45) is 1.71. The molecular weight excluding hydrogens is 262 g/mol. The van der Waals surface area contributed by atoms with Crippen LogP contribution in [0.4, 0.5) is 0 Å². The van der Waals surface area contributed by atoms with E-state index in [0.29, 0.717) is 6.42 Å². The second-order valence-corrected chi connectivity index (χ2v) is 5.74. The molecule has 4 nitrogen and oxygen atoms in total. The predicted octanol–water partition coefficient (Wildman–Crippen LogP) is 2.56. The molecule has 0 saturated carbocycles. The van der Waals surface area contributed by atoms with Crippen LogP contribution in [0.2, 0.25) is 5.02 Å². The van der Waals surface area contributed by atoms with Crippen molar-refractivity contribution in [3.8, 4) is 0 Å². The summed E-state index contributed by atoms with van der Waals surface area (Å²) in [7, 11) is 0. The van der Waals surface area contributed by atoms with Gasteiger partial charge in [0.25, 0.3) is 0 Å². The Morgan fingerprint density at radius 3 is 2.84 bits per heavy atom. The molecule has 2 heterocycles. The second kappa shape index (κ2) is 4.94. The fourth-order valence-corrected chi connectivity index (χ4v) is 2.48.